The van der Waals surface area contributed by atoms with E-state index in [4.69, 9.17) is 0 Å². The number of anilines is 1. The van der Waals surface area contributed by atoms with Crippen molar-refractivity contribution in [2.45, 2.75) is 71.4 Å². The van der Waals surface area contributed by atoms with E-state index in [1.807, 2.05) is 6.92 Å². The summed E-state index contributed by atoms with van der Waals surface area (Å²) in [7, 11) is 0. The zero-order chi connectivity index (χ0) is 15.8. The summed E-state index contributed by atoms with van der Waals surface area (Å²) in [6.45, 7) is 10.7. The average molecular weight is 289 g/mol. The Kier molecular flexibility index (Phi) is 4.31. The summed E-state index contributed by atoms with van der Waals surface area (Å²) >= 11 is 0. The van der Waals surface area contributed by atoms with Gasteiger partial charge in [-0.2, -0.15) is 0 Å². The van der Waals surface area contributed by atoms with Crippen molar-refractivity contribution in [3.05, 3.63) is 29.3 Å². The van der Waals surface area contributed by atoms with E-state index in [1.54, 1.807) is 0 Å². The topological polar surface area (TPSA) is 40.5 Å². The number of carbonyl (C=O) groups is 1. The Labute approximate surface area is 128 Å². The predicted octanol–water partition coefficient (Wildman–Crippen LogP) is 4.34. The SMILES string of the molecule is CCC[C@@H](C(=O)O)N1c2ccc(C)cc2[C@H](C)CC1(C)C. The van der Waals surface area contributed by atoms with Crippen molar-refractivity contribution in [2.24, 2.45) is 0 Å². The Morgan fingerprint density at radius 2 is 2.14 bits per heavy atom. The van der Waals surface area contributed by atoms with Crippen LogP contribution in [-0.2, 0) is 4.79 Å². The predicted molar refractivity (Wildman–Crippen MR) is 87.1 cm³/mol. The van der Waals surface area contributed by atoms with Crippen LogP contribution in [0, 0.1) is 6.92 Å². The second-order valence-electron chi connectivity index (χ2n) is 6.99. The molecule has 0 aliphatic carbocycles. The lowest BCUT2D eigenvalue weighted by molar-refractivity contribution is -0.139. The van der Waals surface area contributed by atoms with Crippen LogP contribution < -0.4 is 4.90 Å². The minimum absolute atomic E-state index is 0.139. The van der Waals surface area contributed by atoms with Gasteiger partial charge >= 0.3 is 5.97 Å². The fourth-order valence-electron chi connectivity index (χ4n) is 3.80. The molecule has 0 saturated heterocycles. The van der Waals surface area contributed by atoms with E-state index in [1.165, 1.54) is 11.1 Å². The maximum atomic E-state index is 11.8. The number of benzene rings is 1. The number of rotatable bonds is 4. The smallest absolute Gasteiger partial charge is 0.326 e. The Balaban J connectivity index is 2.56. The van der Waals surface area contributed by atoms with Gasteiger partial charge in [-0.1, -0.05) is 38.0 Å². The van der Waals surface area contributed by atoms with Gasteiger partial charge in [-0.3, -0.25) is 0 Å². The number of carboxylic acid groups (broad SMARTS) is 1. The molecule has 3 nitrogen and oxygen atoms in total. The first-order valence-corrected chi connectivity index (χ1v) is 7.90. The van der Waals surface area contributed by atoms with E-state index in [-0.39, 0.29) is 5.54 Å². The molecule has 1 aromatic carbocycles. The van der Waals surface area contributed by atoms with Crippen LogP contribution in [0.1, 0.15) is 64.0 Å². The highest BCUT2D eigenvalue weighted by Gasteiger charge is 2.42. The Bertz CT molecular complexity index is 536. The molecule has 0 radical (unpaired) electrons. The maximum Gasteiger partial charge on any atom is 0.326 e. The summed E-state index contributed by atoms with van der Waals surface area (Å²) in [5.74, 6) is -0.256. The molecule has 0 aromatic heterocycles. The average Bonchev–Trinajstić information content (AvgIpc) is 2.37. The van der Waals surface area contributed by atoms with Crippen molar-refractivity contribution < 1.29 is 9.90 Å². The first kappa shape index (κ1) is 15.9. The quantitative estimate of drug-likeness (QED) is 0.896. The molecule has 0 bridgehead atoms. The van der Waals surface area contributed by atoms with Crippen molar-refractivity contribution >= 4 is 11.7 Å². The number of aliphatic carboxylic acids is 1. The van der Waals surface area contributed by atoms with Gasteiger partial charge in [0.1, 0.15) is 6.04 Å². The molecular weight excluding hydrogens is 262 g/mol. The summed E-state index contributed by atoms with van der Waals surface area (Å²) in [6, 6.07) is 5.96. The van der Waals surface area contributed by atoms with Gasteiger partial charge in [0, 0.05) is 11.2 Å². The van der Waals surface area contributed by atoms with Crippen LogP contribution >= 0.6 is 0 Å². The fraction of sp³-hybridized carbons (Fsp3) is 0.611. The lowest BCUT2D eigenvalue weighted by Gasteiger charge is -2.50. The summed E-state index contributed by atoms with van der Waals surface area (Å²) < 4.78 is 0. The Morgan fingerprint density at radius 1 is 1.48 bits per heavy atom. The van der Waals surface area contributed by atoms with Gasteiger partial charge in [0.25, 0.3) is 0 Å². The molecule has 0 spiro atoms. The molecule has 0 unspecified atom stereocenters. The van der Waals surface area contributed by atoms with E-state index in [9.17, 15) is 9.90 Å². The summed E-state index contributed by atoms with van der Waals surface area (Å²) in [4.78, 5) is 13.9. The van der Waals surface area contributed by atoms with Gasteiger partial charge in [0.15, 0.2) is 0 Å². The highest BCUT2D eigenvalue weighted by molar-refractivity contribution is 5.80. The second-order valence-corrected chi connectivity index (χ2v) is 6.99. The van der Waals surface area contributed by atoms with Crippen LogP contribution in [-0.4, -0.2) is 22.7 Å². The van der Waals surface area contributed by atoms with Crippen molar-refractivity contribution in [3.8, 4) is 0 Å². The number of hydrogen-bond acceptors (Lipinski definition) is 2. The van der Waals surface area contributed by atoms with Crippen molar-refractivity contribution in [1.82, 2.24) is 0 Å². The van der Waals surface area contributed by atoms with E-state index in [0.29, 0.717) is 12.3 Å². The third-order valence-corrected chi connectivity index (χ3v) is 4.59. The van der Waals surface area contributed by atoms with E-state index in [2.05, 4.69) is 50.8 Å². The van der Waals surface area contributed by atoms with E-state index >= 15 is 0 Å². The molecule has 2 rings (SSSR count). The molecule has 1 N–H and O–H groups in total. The number of aryl methyl sites for hydroxylation is 1. The number of nitrogens with zero attached hydrogens (tertiary/aromatic N) is 1. The van der Waals surface area contributed by atoms with Crippen LogP contribution in [0.4, 0.5) is 5.69 Å². The summed E-state index contributed by atoms with van der Waals surface area (Å²) in [6.07, 6.45) is 2.54. The van der Waals surface area contributed by atoms with Gasteiger partial charge in [0.05, 0.1) is 0 Å². The standard InChI is InChI=1S/C18H27NO2/c1-6-7-16(17(20)21)19-15-9-8-12(2)10-14(15)13(3)11-18(19,4)5/h8-10,13,16H,6-7,11H2,1-5H3,(H,20,21)/t13-,16+/m1/s1. The van der Waals surface area contributed by atoms with Crippen LogP contribution in [0.5, 0.6) is 0 Å². The third kappa shape index (κ3) is 2.92. The minimum atomic E-state index is -0.717. The molecule has 0 saturated carbocycles. The first-order valence-electron chi connectivity index (χ1n) is 7.90. The van der Waals surface area contributed by atoms with Gasteiger partial charge in [0.2, 0.25) is 0 Å². The summed E-state index contributed by atoms with van der Waals surface area (Å²) in [5, 5.41) is 9.69. The lowest BCUT2D eigenvalue weighted by atomic mass is 9.78. The van der Waals surface area contributed by atoms with Crippen molar-refractivity contribution in [1.29, 1.82) is 0 Å². The van der Waals surface area contributed by atoms with Gasteiger partial charge in [-0.25, -0.2) is 4.79 Å². The largest absolute Gasteiger partial charge is 0.480 e. The van der Waals surface area contributed by atoms with Gasteiger partial charge < -0.3 is 10.0 Å². The highest BCUT2D eigenvalue weighted by Crippen LogP contribution is 2.45. The zero-order valence-electron chi connectivity index (χ0n) is 13.8. The van der Waals surface area contributed by atoms with E-state index in [0.717, 1.165) is 18.5 Å². The van der Waals surface area contributed by atoms with Crippen molar-refractivity contribution in [3.63, 3.8) is 0 Å². The maximum absolute atomic E-state index is 11.8. The van der Waals surface area contributed by atoms with E-state index < -0.39 is 12.0 Å². The molecule has 1 heterocycles. The molecule has 0 amide bonds. The normalized spacial score (nSPS) is 21.8. The molecule has 1 aliphatic heterocycles. The Morgan fingerprint density at radius 3 is 2.71 bits per heavy atom. The second kappa shape index (κ2) is 5.70. The van der Waals surface area contributed by atoms with Crippen LogP contribution in [0.3, 0.4) is 0 Å². The molecule has 1 aliphatic rings. The number of hydrogen-bond donors (Lipinski definition) is 1. The number of fused-ring (bicyclic) bond motifs is 1. The molecular formula is C18H27NO2. The molecule has 1 aromatic rings. The molecule has 3 heteroatoms. The lowest BCUT2D eigenvalue weighted by Crippen LogP contribution is -2.56. The monoisotopic (exact) mass is 289 g/mol. The van der Waals surface area contributed by atoms with Gasteiger partial charge in [-0.15, -0.1) is 0 Å². The van der Waals surface area contributed by atoms with Crippen LogP contribution in [0.25, 0.3) is 0 Å². The molecule has 2 atom stereocenters. The fourth-order valence-corrected chi connectivity index (χ4v) is 3.80. The molecule has 116 valence electrons. The minimum Gasteiger partial charge on any atom is -0.480 e. The van der Waals surface area contributed by atoms with Crippen molar-refractivity contribution in [2.75, 3.05) is 4.90 Å². The summed E-state index contributed by atoms with van der Waals surface area (Å²) in [5.41, 5.74) is 3.49. The Hall–Kier alpha value is -1.51. The van der Waals surface area contributed by atoms with Gasteiger partial charge in [-0.05, 0) is 51.2 Å². The highest BCUT2D eigenvalue weighted by atomic mass is 16.4. The third-order valence-electron chi connectivity index (χ3n) is 4.59. The molecule has 21 heavy (non-hydrogen) atoms. The molecule has 0 fully saturated rings. The van der Waals surface area contributed by atoms with Crippen LogP contribution in [0.15, 0.2) is 18.2 Å². The first-order chi connectivity index (χ1) is 9.77. The zero-order valence-corrected chi connectivity index (χ0v) is 13.8. The van der Waals surface area contributed by atoms with Crippen LogP contribution in [0.2, 0.25) is 0 Å². The number of carboxylic acids is 1.